The molecule has 0 bridgehead atoms. The summed E-state index contributed by atoms with van der Waals surface area (Å²) < 4.78 is 0. The summed E-state index contributed by atoms with van der Waals surface area (Å²) in [5.74, 6) is 0.379. The van der Waals surface area contributed by atoms with Gasteiger partial charge in [-0.15, -0.1) is 10.2 Å². The second-order valence-electron chi connectivity index (χ2n) is 5.88. The number of amides is 1. The molecule has 0 saturated carbocycles. The zero-order chi connectivity index (χ0) is 17.2. The molecule has 0 fully saturated rings. The maximum atomic E-state index is 12.4. The second-order valence-corrected chi connectivity index (χ2v) is 6.69. The molecule has 7 heteroatoms. The minimum absolute atomic E-state index is 0.253. The molecule has 0 atom stereocenters. The number of hydrogen-bond acceptors (Lipinski definition) is 4. The van der Waals surface area contributed by atoms with E-state index in [1.165, 1.54) is 0 Å². The highest BCUT2D eigenvalue weighted by Gasteiger charge is 2.25. The first kappa shape index (κ1) is 17.5. The number of nitrogens with one attached hydrogen (secondary N) is 1. The summed E-state index contributed by atoms with van der Waals surface area (Å²) in [6.07, 6.45) is 0. The Morgan fingerprint density at radius 1 is 1.09 bits per heavy atom. The summed E-state index contributed by atoms with van der Waals surface area (Å²) in [6, 6.07) is 8.66. The Hall–Kier alpha value is -1.85. The molecule has 0 aliphatic carbocycles. The van der Waals surface area contributed by atoms with Crippen molar-refractivity contribution in [2.75, 3.05) is 19.0 Å². The Kier molecular flexibility index (Phi) is 5.12. The number of rotatable bonds is 4. The van der Waals surface area contributed by atoms with Crippen molar-refractivity contribution in [2.45, 2.75) is 19.4 Å². The van der Waals surface area contributed by atoms with Crippen molar-refractivity contribution < 1.29 is 4.79 Å². The SMILES string of the molecule is CN(C)c1ccc(C(=O)NC(C)(C)c2ccc(Cl)c(Cl)c2)nn1. The molecule has 1 aromatic heterocycles. The van der Waals surface area contributed by atoms with Gasteiger partial charge in [0.05, 0.1) is 15.6 Å². The lowest BCUT2D eigenvalue weighted by molar-refractivity contribution is 0.0906. The molecule has 1 aromatic carbocycles. The van der Waals surface area contributed by atoms with Crippen LogP contribution in [0.4, 0.5) is 5.82 Å². The Labute approximate surface area is 145 Å². The van der Waals surface area contributed by atoms with Crippen molar-refractivity contribution in [1.29, 1.82) is 0 Å². The van der Waals surface area contributed by atoms with Crippen LogP contribution >= 0.6 is 23.2 Å². The van der Waals surface area contributed by atoms with Gasteiger partial charge in [0.1, 0.15) is 0 Å². The standard InChI is InChI=1S/C16H18Cl2N4O/c1-16(2,10-5-6-11(17)12(18)9-10)19-15(23)13-7-8-14(21-20-13)22(3)4/h5-9H,1-4H3,(H,19,23). The number of carbonyl (C=O) groups is 1. The lowest BCUT2D eigenvalue weighted by Gasteiger charge is -2.27. The lowest BCUT2D eigenvalue weighted by Crippen LogP contribution is -2.41. The van der Waals surface area contributed by atoms with E-state index < -0.39 is 5.54 Å². The van der Waals surface area contributed by atoms with Gasteiger partial charge in [-0.1, -0.05) is 29.3 Å². The van der Waals surface area contributed by atoms with Crippen LogP contribution in [0.1, 0.15) is 29.9 Å². The van der Waals surface area contributed by atoms with Crippen LogP contribution in [0.5, 0.6) is 0 Å². The van der Waals surface area contributed by atoms with Crippen LogP contribution in [0, 0.1) is 0 Å². The fraction of sp³-hybridized carbons (Fsp3) is 0.312. The average molecular weight is 353 g/mol. The maximum Gasteiger partial charge on any atom is 0.272 e. The van der Waals surface area contributed by atoms with E-state index in [9.17, 15) is 4.79 Å². The van der Waals surface area contributed by atoms with Crippen LogP contribution in [0.2, 0.25) is 10.0 Å². The van der Waals surface area contributed by atoms with Gasteiger partial charge < -0.3 is 10.2 Å². The third kappa shape index (κ3) is 4.12. The van der Waals surface area contributed by atoms with Gasteiger partial charge in [0.2, 0.25) is 0 Å². The number of anilines is 1. The Balaban J connectivity index is 2.18. The first-order valence-electron chi connectivity index (χ1n) is 7.00. The van der Waals surface area contributed by atoms with Crippen LogP contribution in [-0.2, 0) is 5.54 Å². The van der Waals surface area contributed by atoms with Gasteiger partial charge in [-0.05, 0) is 43.7 Å². The van der Waals surface area contributed by atoms with Gasteiger partial charge in [0, 0.05) is 14.1 Å². The molecule has 1 amide bonds. The minimum Gasteiger partial charge on any atom is -0.361 e. The molecule has 0 radical (unpaired) electrons. The van der Waals surface area contributed by atoms with Crippen LogP contribution in [0.15, 0.2) is 30.3 Å². The molecule has 0 saturated heterocycles. The predicted octanol–water partition coefficient (Wildman–Crippen LogP) is 3.51. The highest BCUT2D eigenvalue weighted by molar-refractivity contribution is 6.42. The zero-order valence-electron chi connectivity index (χ0n) is 13.4. The highest BCUT2D eigenvalue weighted by atomic mass is 35.5. The molecule has 0 aliphatic rings. The molecule has 2 aromatic rings. The fourth-order valence-electron chi connectivity index (χ4n) is 1.99. The predicted molar refractivity (Wildman–Crippen MR) is 93.3 cm³/mol. The van der Waals surface area contributed by atoms with Gasteiger partial charge in [0.15, 0.2) is 11.5 Å². The topological polar surface area (TPSA) is 58.1 Å². The Bertz CT molecular complexity index is 715. The van der Waals surface area contributed by atoms with E-state index in [1.807, 2.05) is 38.9 Å². The number of hydrogen-bond donors (Lipinski definition) is 1. The van der Waals surface area contributed by atoms with Crippen molar-refractivity contribution >= 4 is 34.9 Å². The van der Waals surface area contributed by atoms with Crippen LogP contribution < -0.4 is 10.2 Å². The zero-order valence-corrected chi connectivity index (χ0v) is 14.9. The van der Waals surface area contributed by atoms with Gasteiger partial charge in [0.25, 0.3) is 5.91 Å². The summed E-state index contributed by atoms with van der Waals surface area (Å²) in [7, 11) is 3.72. The third-order valence-electron chi connectivity index (χ3n) is 3.41. The molecule has 122 valence electrons. The van der Waals surface area contributed by atoms with Crippen molar-refractivity contribution in [2.24, 2.45) is 0 Å². The van der Waals surface area contributed by atoms with Crippen molar-refractivity contribution in [3.63, 3.8) is 0 Å². The summed E-state index contributed by atoms with van der Waals surface area (Å²) in [4.78, 5) is 14.2. The van der Waals surface area contributed by atoms with E-state index in [0.29, 0.717) is 15.9 Å². The smallest absolute Gasteiger partial charge is 0.272 e. The van der Waals surface area contributed by atoms with E-state index >= 15 is 0 Å². The van der Waals surface area contributed by atoms with Crippen LogP contribution in [0.25, 0.3) is 0 Å². The number of benzene rings is 1. The summed E-state index contributed by atoms with van der Waals surface area (Å²) >= 11 is 12.0. The minimum atomic E-state index is -0.632. The second kappa shape index (κ2) is 6.72. The monoisotopic (exact) mass is 352 g/mol. The molecule has 0 spiro atoms. The van der Waals surface area contributed by atoms with E-state index in [0.717, 1.165) is 5.56 Å². The molecule has 5 nitrogen and oxygen atoms in total. The molecule has 1 N–H and O–H groups in total. The molecular weight excluding hydrogens is 335 g/mol. The fourth-order valence-corrected chi connectivity index (χ4v) is 2.29. The normalized spacial score (nSPS) is 11.2. The van der Waals surface area contributed by atoms with Crippen LogP contribution in [-0.4, -0.2) is 30.2 Å². The molecule has 2 rings (SSSR count). The largest absolute Gasteiger partial charge is 0.361 e. The van der Waals surface area contributed by atoms with Crippen LogP contribution in [0.3, 0.4) is 0 Å². The van der Waals surface area contributed by atoms with E-state index in [-0.39, 0.29) is 11.6 Å². The maximum absolute atomic E-state index is 12.4. The van der Waals surface area contributed by atoms with E-state index in [2.05, 4.69) is 15.5 Å². The van der Waals surface area contributed by atoms with Crippen molar-refractivity contribution in [1.82, 2.24) is 15.5 Å². The molecule has 1 heterocycles. The summed E-state index contributed by atoms with van der Waals surface area (Å²) in [6.45, 7) is 3.76. The molecule has 0 unspecified atom stereocenters. The Morgan fingerprint density at radius 3 is 2.30 bits per heavy atom. The van der Waals surface area contributed by atoms with E-state index in [4.69, 9.17) is 23.2 Å². The molecule has 23 heavy (non-hydrogen) atoms. The first-order valence-corrected chi connectivity index (χ1v) is 7.75. The summed E-state index contributed by atoms with van der Waals surface area (Å²) in [5, 5.41) is 11.8. The number of aromatic nitrogens is 2. The molecular formula is C16H18Cl2N4O. The number of halogens is 2. The van der Waals surface area contributed by atoms with Gasteiger partial charge in [-0.25, -0.2) is 0 Å². The Morgan fingerprint density at radius 2 is 1.78 bits per heavy atom. The van der Waals surface area contributed by atoms with Crippen molar-refractivity contribution in [3.05, 3.63) is 51.6 Å². The quantitative estimate of drug-likeness (QED) is 0.914. The first-order chi connectivity index (χ1) is 10.7. The van der Waals surface area contributed by atoms with Gasteiger partial charge in [-0.2, -0.15) is 0 Å². The van der Waals surface area contributed by atoms with E-state index in [1.54, 1.807) is 24.3 Å². The van der Waals surface area contributed by atoms with Gasteiger partial charge in [-0.3, -0.25) is 4.79 Å². The third-order valence-corrected chi connectivity index (χ3v) is 4.15. The number of carbonyl (C=O) groups excluding carboxylic acids is 1. The van der Waals surface area contributed by atoms with Gasteiger partial charge >= 0.3 is 0 Å². The highest BCUT2D eigenvalue weighted by Crippen LogP contribution is 2.28. The molecule has 0 aliphatic heterocycles. The van der Waals surface area contributed by atoms with Crippen molar-refractivity contribution in [3.8, 4) is 0 Å². The number of nitrogens with zero attached hydrogens (tertiary/aromatic N) is 3. The summed E-state index contributed by atoms with van der Waals surface area (Å²) in [5.41, 5.74) is 0.467. The lowest BCUT2D eigenvalue weighted by atomic mass is 9.94. The average Bonchev–Trinajstić information content (AvgIpc) is 2.49.